The molecule has 0 aromatic heterocycles. The predicted octanol–water partition coefficient (Wildman–Crippen LogP) is 4.84. The third-order valence-corrected chi connectivity index (χ3v) is 5.75. The molecule has 3 aromatic rings. The van der Waals surface area contributed by atoms with E-state index in [9.17, 15) is 14.6 Å². The van der Waals surface area contributed by atoms with E-state index in [1.165, 1.54) is 24.3 Å². The van der Waals surface area contributed by atoms with E-state index in [0.717, 1.165) is 5.56 Å². The van der Waals surface area contributed by atoms with Crippen molar-refractivity contribution in [3.63, 3.8) is 0 Å². The minimum Gasteiger partial charge on any atom is -0.767 e. The summed E-state index contributed by atoms with van der Waals surface area (Å²) >= 11 is 0. The number of benzene rings is 3. The van der Waals surface area contributed by atoms with Crippen LogP contribution in [-0.4, -0.2) is 11.7 Å². The van der Waals surface area contributed by atoms with Crippen LogP contribution in [0, 0.1) is 6.92 Å². The largest absolute Gasteiger partial charge is 0.767 e. The maximum absolute atomic E-state index is 13.1. The van der Waals surface area contributed by atoms with Crippen molar-refractivity contribution in [2.24, 2.45) is 0 Å². The van der Waals surface area contributed by atoms with Crippen molar-refractivity contribution >= 4 is 13.3 Å². The summed E-state index contributed by atoms with van der Waals surface area (Å²) in [7, 11) is -4.49. The van der Waals surface area contributed by atoms with Crippen LogP contribution in [0.1, 0.15) is 23.8 Å². The van der Waals surface area contributed by atoms with Crippen LogP contribution < -0.4 is 19.5 Å². The summed E-state index contributed by atoms with van der Waals surface area (Å²) in [5, 5.41) is 12.7. The molecule has 0 heterocycles. The molecule has 2 atom stereocenters. The highest BCUT2D eigenvalue weighted by Crippen LogP contribution is 2.53. The van der Waals surface area contributed by atoms with Crippen LogP contribution in [0.4, 0.5) is 5.69 Å². The minimum absolute atomic E-state index is 0.0463. The lowest BCUT2D eigenvalue weighted by Gasteiger charge is -2.33. The van der Waals surface area contributed by atoms with Gasteiger partial charge in [-0.1, -0.05) is 35.9 Å². The highest BCUT2D eigenvalue weighted by molar-refractivity contribution is 7.52. The summed E-state index contributed by atoms with van der Waals surface area (Å²) in [5.41, 5.74) is 2.21. The lowest BCUT2D eigenvalue weighted by Crippen LogP contribution is -2.21. The molecule has 0 saturated carbocycles. The fourth-order valence-corrected chi connectivity index (χ4v) is 4.16. The Morgan fingerprint density at radius 1 is 1.03 bits per heavy atom. The normalized spacial score (nSPS) is 13.9. The second-order valence-electron chi connectivity index (χ2n) is 6.54. The summed E-state index contributed by atoms with van der Waals surface area (Å²) in [6, 6.07) is 19.9. The molecule has 0 aliphatic rings. The van der Waals surface area contributed by atoms with E-state index in [1.54, 1.807) is 24.3 Å². The number of ether oxygens (including phenoxy) is 1. The van der Waals surface area contributed by atoms with E-state index in [2.05, 4.69) is 5.32 Å². The molecular weight excluding hydrogens is 389 g/mol. The van der Waals surface area contributed by atoms with Crippen LogP contribution in [0.2, 0.25) is 0 Å². The minimum atomic E-state index is -4.49. The maximum Gasteiger partial charge on any atom is 0.210 e. The molecule has 7 heteroatoms. The van der Waals surface area contributed by atoms with E-state index < -0.39 is 13.4 Å². The zero-order valence-electron chi connectivity index (χ0n) is 16.2. The zero-order chi connectivity index (χ0) is 20.9. The molecule has 0 bridgehead atoms. The molecule has 0 aliphatic heterocycles. The van der Waals surface area contributed by atoms with Crippen molar-refractivity contribution < 1.29 is 23.8 Å². The number of phenolic OH excluding ortho intramolecular Hbond substituents is 1. The molecule has 3 rings (SSSR count). The Bertz CT molecular complexity index is 989. The molecule has 0 spiro atoms. The third-order valence-electron chi connectivity index (χ3n) is 4.23. The molecule has 3 aromatic carbocycles. The summed E-state index contributed by atoms with van der Waals surface area (Å²) in [5.74, 6) is -0.514. The Labute approximate surface area is 170 Å². The number of phenols is 1. The quantitative estimate of drug-likeness (QED) is 0.515. The Kier molecular flexibility index (Phi) is 6.47. The Morgan fingerprint density at radius 3 is 2.34 bits per heavy atom. The van der Waals surface area contributed by atoms with Crippen molar-refractivity contribution in [2.45, 2.75) is 19.6 Å². The fourth-order valence-electron chi connectivity index (χ4n) is 2.81. The molecule has 0 radical (unpaired) electrons. The Morgan fingerprint density at radius 2 is 1.72 bits per heavy atom. The third kappa shape index (κ3) is 5.53. The molecule has 6 nitrogen and oxygen atoms in total. The molecule has 0 saturated heterocycles. The van der Waals surface area contributed by atoms with Gasteiger partial charge in [0.15, 0.2) is 0 Å². The van der Waals surface area contributed by atoms with Gasteiger partial charge in [0.1, 0.15) is 23.0 Å². The van der Waals surface area contributed by atoms with Gasteiger partial charge < -0.3 is 24.6 Å². The average molecular weight is 412 g/mol. The SMILES string of the molecule is CCOc1ccc([C@H](Nc2ccc(C)cc2)P(=O)([O-])Oc2cccc(O)c2)cc1. The van der Waals surface area contributed by atoms with Gasteiger partial charge in [-0.25, -0.2) is 0 Å². The van der Waals surface area contributed by atoms with Gasteiger partial charge in [-0.05, 0) is 55.8 Å². The first-order valence-electron chi connectivity index (χ1n) is 9.23. The Hall–Kier alpha value is -2.95. The number of aryl methyl sites for hydroxylation is 1. The van der Waals surface area contributed by atoms with Crippen molar-refractivity contribution in [3.05, 3.63) is 83.9 Å². The van der Waals surface area contributed by atoms with Crippen molar-refractivity contribution in [2.75, 3.05) is 11.9 Å². The average Bonchev–Trinajstić information content (AvgIpc) is 2.68. The summed E-state index contributed by atoms with van der Waals surface area (Å²) in [6.45, 7) is 4.35. The van der Waals surface area contributed by atoms with Crippen LogP contribution in [0.25, 0.3) is 0 Å². The maximum atomic E-state index is 13.1. The number of aromatic hydroxyl groups is 1. The fraction of sp³-hybridized carbons (Fsp3) is 0.182. The van der Waals surface area contributed by atoms with Gasteiger partial charge in [-0.3, -0.25) is 4.57 Å². The van der Waals surface area contributed by atoms with Gasteiger partial charge >= 0.3 is 0 Å². The second-order valence-corrected chi connectivity index (χ2v) is 8.32. The van der Waals surface area contributed by atoms with E-state index in [-0.39, 0.29) is 11.5 Å². The lowest BCUT2D eigenvalue weighted by atomic mass is 10.2. The zero-order valence-corrected chi connectivity index (χ0v) is 17.1. The van der Waals surface area contributed by atoms with Crippen LogP contribution in [-0.2, 0) is 4.57 Å². The molecule has 29 heavy (non-hydrogen) atoms. The first-order valence-corrected chi connectivity index (χ1v) is 10.8. The van der Waals surface area contributed by atoms with Crippen LogP contribution in [0.3, 0.4) is 0 Å². The molecule has 1 unspecified atom stereocenters. The van der Waals surface area contributed by atoms with E-state index >= 15 is 0 Å². The smallest absolute Gasteiger partial charge is 0.210 e. The standard InChI is InChI=1S/C22H24NO5P/c1-3-27-20-13-9-17(10-14-20)22(23-18-11-7-16(2)8-12-18)29(25,26)28-21-6-4-5-19(24)15-21/h4-15,22-24H,3H2,1-2H3,(H,25,26)/p-1/t22-/m1/s1. The summed E-state index contributed by atoms with van der Waals surface area (Å²) in [4.78, 5) is 13.1. The number of anilines is 1. The van der Waals surface area contributed by atoms with Gasteiger partial charge in [0.2, 0.25) is 7.60 Å². The van der Waals surface area contributed by atoms with Crippen LogP contribution in [0.5, 0.6) is 17.2 Å². The van der Waals surface area contributed by atoms with Gasteiger partial charge in [0, 0.05) is 11.8 Å². The topological polar surface area (TPSA) is 90.9 Å². The van der Waals surface area contributed by atoms with Crippen LogP contribution >= 0.6 is 7.60 Å². The van der Waals surface area contributed by atoms with E-state index in [1.807, 2.05) is 38.1 Å². The number of rotatable bonds is 8. The summed E-state index contributed by atoms with van der Waals surface area (Å²) in [6.07, 6.45) is 0. The number of hydrogen-bond acceptors (Lipinski definition) is 6. The number of hydrogen-bond donors (Lipinski definition) is 2. The molecule has 2 N–H and O–H groups in total. The van der Waals surface area contributed by atoms with Crippen molar-refractivity contribution in [1.29, 1.82) is 0 Å². The van der Waals surface area contributed by atoms with E-state index in [0.29, 0.717) is 23.6 Å². The first kappa shape index (κ1) is 20.8. The van der Waals surface area contributed by atoms with Crippen molar-refractivity contribution in [1.82, 2.24) is 0 Å². The predicted molar refractivity (Wildman–Crippen MR) is 111 cm³/mol. The van der Waals surface area contributed by atoms with E-state index in [4.69, 9.17) is 9.26 Å². The molecule has 152 valence electrons. The number of nitrogens with one attached hydrogen (secondary N) is 1. The van der Waals surface area contributed by atoms with Gasteiger partial charge in [0.25, 0.3) is 0 Å². The Balaban J connectivity index is 1.94. The van der Waals surface area contributed by atoms with Gasteiger partial charge in [0.05, 0.1) is 6.61 Å². The second kappa shape index (κ2) is 9.03. The molecule has 0 aliphatic carbocycles. The lowest BCUT2D eigenvalue weighted by molar-refractivity contribution is -0.193. The van der Waals surface area contributed by atoms with Gasteiger partial charge in [-0.15, -0.1) is 0 Å². The molecule has 0 amide bonds. The van der Waals surface area contributed by atoms with Gasteiger partial charge in [-0.2, -0.15) is 0 Å². The monoisotopic (exact) mass is 412 g/mol. The highest BCUT2D eigenvalue weighted by atomic mass is 31.2. The van der Waals surface area contributed by atoms with Crippen molar-refractivity contribution in [3.8, 4) is 17.2 Å². The first-order chi connectivity index (χ1) is 13.9. The summed E-state index contributed by atoms with van der Waals surface area (Å²) < 4.78 is 23.9. The molecular formula is C22H23NO5P-. The highest BCUT2D eigenvalue weighted by Gasteiger charge is 2.27. The van der Waals surface area contributed by atoms with Crippen LogP contribution in [0.15, 0.2) is 72.8 Å². The molecule has 0 fully saturated rings.